The molecule has 0 bridgehead atoms. The molecule has 0 spiro atoms. The minimum atomic E-state index is -0.212. The number of aromatic nitrogens is 3. The Bertz CT molecular complexity index is 1360. The second-order valence-corrected chi connectivity index (χ2v) is 10.7. The van der Waals surface area contributed by atoms with Gasteiger partial charge < -0.3 is 9.30 Å². The highest BCUT2D eigenvalue weighted by Gasteiger charge is 2.17. The fourth-order valence-corrected chi connectivity index (χ4v) is 4.54. The van der Waals surface area contributed by atoms with Gasteiger partial charge in [-0.25, -0.2) is 5.43 Å². The summed E-state index contributed by atoms with van der Waals surface area (Å²) < 4.78 is 7.82. The third kappa shape index (κ3) is 7.32. The van der Waals surface area contributed by atoms with Crippen LogP contribution in [0.15, 0.2) is 89.1 Å². The van der Waals surface area contributed by atoms with Gasteiger partial charge in [-0.2, -0.15) is 5.10 Å². The van der Waals surface area contributed by atoms with E-state index in [1.807, 2.05) is 66.1 Å². The van der Waals surface area contributed by atoms with Crippen LogP contribution < -0.4 is 10.2 Å². The van der Waals surface area contributed by atoms with Crippen LogP contribution >= 0.6 is 11.8 Å². The summed E-state index contributed by atoms with van der Waals surface area (Å²) in [4.78, 5) is 12.4. The van der Waals surface area contributed by atoms with Crippen molar-refractivity contribution in [3.05, 3.63) is 95.6 Å². The lowest BCUT2D eigenvalue weighted by Gasteiger charge is -2.19. The lowest BCUT2D eigenvalue weighted by Crippen LogP contribution is -2.20. The van der Waals surface area contributed by atoms with Gasteiger partial charge in [-0.15, -0.1) is 10.2 Å². The summed E-state index contributed by atoms with van der Waals surface area (Å²) in [6, 6.07) is 26.0. The Morgan fingerprint density at radius 2 is 1.71 bits per heavy atom. The number of rotatable bonds is 10. The molecule has 0 aliphatic rings. The Labute approximate surface area is 228 Å². The molecule has 196 valence electrons. The zero-order chi connectivity index (χ0) is 27.0. The van der Waals surface area contributed by atoms with Crippen LogP contribution in [0.4, 0.5) is 0 Å². The summed E-state index contributed by atoms with van der Waals surface area (Å²) >= 11 is 1.34. The average Bonchev–Trinajstić information content (AvgIpc) is 3.34. The molecule has 1 amide bonds. The third-order valence-electron chi connectivity index (χ3n) is 5.91. The van der Waals surface area contributed by atoms with E-state index >= 15 is 0 Å². The molecule has 0 radical (unpaired) electrons. The Morgan fingerprint density at radius 1 is 1.00 bits per heavy atom. The summed E-state index contributed by atoms with van der Waals surface area (Å²) in [6.07, 6.45) is 1.61. The third-order valence-corrected chi connectivity index (χ3v) is 6.87. The van der Waals surface area contributed by atoms with Gasteiger partial charge in [-0.1, -0.05) is 87.1 Å². The smallest absolute Gasteiger partial charge is 0.250 e. The van der Waals surface area contributed by atoms with Gasteiger partial charge in [-0.05, 0) is 53.3 Å². The summed E-state index contributed by atoms with van der Waals surface area (Å²) in [7, 11) is 0. The van der Waals surface area contributed by atoms with Gasteiger partial charge >= 0.3 is 0 Å². The maximum atomic E-state index is 12.4. The van der Waals surface area contributed by atoms with E-state index in [0.29, 0.717) is 18.3 Å². The van der Waals surface area contributed by atoms with Crippen molar-refractivity contribution >= 4 is 23.9 Å². The molecule has 0 atom stereocenters. The van der Waals surface area contributed by atoms with Crippen molar-refractivity contribution in [1.29, 1.82) is 0 Å². The minimum Gasteiger partial charge on any atom is -0.489 e. The molecule has 4 aromatic rings. The molecule has 0 saturated heterocycles. The van der Waals surface area contributed by atoms with Crippen LogP contribution in [0.1, 0.15) is 44.4 Å². The number of nitrogens with one attached hydrogen (secondary N) is 1. The van der Waals surface area contributed by atoms with E-state index in [1.54, 1.807) is 6.21 Å². The number of benzene rings is 3. The molecule has 1 aromatic heterocycles. The highest BCUT2D eigenvalue weighted by atomic mass is 32.2. The molecule has 7 nitrogen and oxygen atoms in total. The van der Waals surface area contributed by atoms with Crippen LogP contribution in [0.2, 0.25) is 0 Å². The van der Waals surface area contributed by atoms with Crippen molar-refractivity contribution in [2.24, 2.45) is 5.10 Å². The van der Waals surface area contributed by atoms with Gasteiger partial charge in [0.2, 0.25) is 0 Å². The minimum absolute atomic E-state index is 0.0915. The van der Waals surface area contributed by atoms with Crippen LogP contribution in [-0.4, -0.2) is 32.6 Å². The predicted octanol–water partition coefficient (Wildman–Crippen LogP) is 6.08. The van der Waals surface area contributed by atoms with Gasteiger partial charge in [0.1, 0.15) is 12.4 Å². The lowest BCUT2D eigenvalue weighted by molar-refractivity contribution is -0.118. The number of hydrogen-bond donors (Lipinski definition) is 1. The van der Waals surface area contributed by atoms with E-state index in [1.165, 1.54) is 17.3 Å². The number of carbonyl (C=O) groups excluding carboxylic acids is 1. The number of thioether (sulfide) groups is 1. The molecule has 0 aliphatic carbocycles. The Balaban J connectivity index is 1.27. The predicted molar refractivity (Wildman–Crippen MR) is 154 cm³/mol. The first-order valence-corrected chi connectivity index (χ1v) is 13.6. The molecule has 0 saturated carbocycles. The highest BCUT2D eigenvalue weighted by molar-refractivity contribution is 7.99. The molecule has 1 heterocycles. The van der Waals surface area contributed by atoms with E-state index in [-0.39, 0.29) is 17.1 Å². The van der Waals surface area contributed by atoms with Crippen LogP contribution in [0.25, 0.3) is 11.4 Å². The molecule has 38 heavy (non-hydrogen) atoms. The highest BCUT2D eigenvalue weighted by Crippen LogP contribution is 2.27. The first-order valence-electron chi connectivity index (χ1n) is 12.6. The monoisotopic (exact) mass is 527 g/mol. The van der Waals surface area contributed by atoms with Crippen molar-refractivity contribution < 1.29 is 9.53 Å². The van der Waals surface area contributed by atoms with Gasteiger partial charge in [0, 0.05) is 12.1 Å². The largest absolute Gasteiger partial charge is 0.489 e. The molecule has 4 rings (SSSR count). The van der Waals surface area contributed by atoms with Crippen molar-refractivity contribution in [2.75, 3.05) is 5.75 Å². The topological polar surface area (TPSA) is 81.4 Å². The first-order chi connectivity index (χ1) is 18.3. The van der Waals surface area contributed by atoms with E-state index in [4.69, 9.17) is 4.74 Å². The SMILES string of the molecule is CCn1c(SCC(=O)N/N=C/c2ccc(OCc3ccccc3)cc2)nnc1-c1ccc(C(C)(C)C)cc1. The van der Waals surface area contributed by atoms with E-state index in [9.17, 15) is 4.79 Å². The van der Waals surface area contributed by atoms with Gasteiger partial charge in [0.25, 0.3) is 5.91 Å². The number of ether oxygens (including phenoxy) is 1. The molecule has 0 aliphatic heterocycles. The number of hydrazone groups is 1. The normalized spacial score (nSPS) is 11.6. The summed E-state index contributed by atoms with van der Waals surface area (Å²) in [5.74, 6) is 1.54. The number of carbonyl (C=O) groups is 1. The van der Waals surface area contributed by atoms with Crippen molar-refractivity contribution in [3.8, 4) is 17.1 Å². The molecule has 0 fully saturated rings. The molecular weight excluding hydrogens is 494 g/mol. The van der Waals surface area contributed by atoms with Gasteiger partial charge in [0.15, 0.2) is 11.0 Å². The zero-order valence-electron chi connectivity index (χ0n) is 22.2. The van der Waals surface area contributed by atoms with Gasteiger partial charge in [-0.3, -0.25) is 4.79 Å². The van der Waals surface area contributed by atoms with E-state index in [2.05, 4.69) is 65.8 Å². The summed E-state index contributed by atoms with van der Waals surface area (Å²) in [5, 5.41) is 13.5. The zero-order valence-corrected chi connectivity index (χ0v) is 23.0. The van der Waals surface area contributed by atoms with Crippen molar-refractivity contribution in [2.45, 2.75) is 51.4 Å². The van der Waals surface area contributed by atoms with Crippen LogP contribution in [-0.2, 0) is 23.4 Å². The number of amides is 1. The number of nitrogens with zero attached hydrogens (tertiary/aromatic N) is 4. The fraction of sp³-hybridized carbons (Fsp3) is 0.267. The second-order valence-electron chi connectivity index (χ2n) is 9.80. The van der Waals surface area contributed by atoms with Crippen molar-refractivity contribution in [3.63, 3.8) is 0 Å². The quantitative estimate of drug-likeness (QED) is 0.153. The Kier molecular flexibility index (Phi) is 8.97. The van der Waals surface area contributed by atoms with Crippen LogP contribution in [0.3, 0.4) is 0 Å². The molecule has 8 heteroatoms. The standard InChI is InChI=1S/C30H33N5O2S/c1-5-35-28(24-13-15-25(16-14-24)30(2,3)4)33-34-29(35)38-21-27(36)32-31-19-22-11-17-26(18-12-22)37-20-23-9-7-6-8-10-23/h6-19H,5,20-21H2,1-4H3,(H,32,36)/b31-19+. The van der Waals surface area contributed by atoms with E-state index in [0.717, 1.165) is 28.3 Å². The van der Waals surface area contributed by atoms with Crippen molar-refractivity contribution in [1.82, 2.24) is 20.2 Å². The maximum absolute atomic E-state index is 12.4. The molecule has 3 aromatic carbocycles. The Hall–Kier alpha value is -3.91. The Morgan fingerprint density at radius 3 is 2.37 bits per heavy atom. The summed E-state index contributed by atoms with van der Waals surface area (Å²) in [5.41, 5.74) is 6.91. The number of hydrogen-bond acceptors (Lipinski definition) is 6. The average molecular weight is 528 g/mol. The second kappa shape index (κ2) is 12.6. The van der Waals surface area contributed by atoms with E-state index < -0.39 is 0 Å². The molecule has 1 N–H and O–H groups in total. The van der Waals surface area contributed by atoms with Gasteiger partial charge in [0.05, 0.1) is 12.0 Å². The summed E-state index contributed by atoms with van der Waals surface area (Å²) in [6.45, 7) is 9.84. The first kappa shape index (κ1) is 27.1. The van der Waals surface area contributed by atoms with Crippen LogP contribution in [0.5, 0.6) is 5.75 Å². The molecular formula is C30H33N5O2S. The lowest BCUT2D eigenvalue weighted by atomic mass is 9.87. The van der Waals surface area contributed by atoms with Crippen LogP contribution in [0, 0.1) is 0 Å². The fourth-order valence-electron chi connectivity index (χ4n) is 3.75. The molecule has 0 unspecified atom stereocenters. The maximum Gasteiger partial charge on any atom is 0.250 e.